The zero-order chi connectivity index (χ0) is 25.9. The van der Waals surface area contributed by atoms with E-state index in [2.05, 4.69) is 34.9 Å². The highest BCUT2D eigenvalue weighted by Gasteiger charge is 2.48. The summed E-state index contributed by atoms with van der Waals surface area (Å²) in [7, 11) is -5.89. The van der Waals surface area contributed by atoms with Crippen LogP contribution < -0.4 is 0 Å². The second kappa shape index (κ2) is 13.6. The van der Waals surface area contributed by atoms with E-state index in [1.807, 2.05) is 33.8 Å². The van der Waals surface area contributed by atoms with Crippen molar-refractivity contribution in [2.45, 2.75) is 86.1 Å². The van der Waals surface area contributed by atoms with Crippen LogP contribution in [0, 0.1) is 5.41 Å². The van der Waals surface area contributed by atoms with Gasteiger partial charge in [0.2, 0.25) is 0 Å². The van der Waals surface area contributed by atoms with Crippen LogP contribution in [-0.4, -0.2) is 26.5 Å². The molecule has 0 spiro atoms. The number of allylic oxidation sites excluding steroid dienone is 7. The predicted octanol–water partition coefficient (Wildman–Crippen LogP) is 7.14. The van der Waals surface area contributed by atoms with Gasteiger partial charge in [0.25, 0.3) is 0 Å². The summed E-state index contributed by atoms with van der Waals surface area (Å²) < 4.78 is 70.1. The Morgan fingerprint density at radius 2 is 1.52 bits per heavy atom. The lowest BCUT2D eigenvalue weighted by atomic mass is 9.77. The van der Waals surface area contributed by atoms with E-state index in [4.69, 9.17) is 0 Å². The summed E-state index contributed by atoms with van der Waals surface area (Å²) in [5.74, 6) is -1.59. The zero-order valence-corrected chi connectivity index (χ0v) is 21.5. The molecule has 0 aliphatic rings. The zero-order valence-electron chi connectivity index (χ0n) is 20.6. The van der Waals surface area contributed by atoms with E-state index in [0.29, 0.717) is 12.5 Å². The normalized spacial score (nSPS) is 13.4. The maximum atomic E-state index is 12.8. The van der Waals surface area contributed by atoms with Gasteiger partial charge in [-0.1, -0.05) is 48.8 Å². The maximum Gasteiger partial charge on any atom is 0.534 e. The number of halogens is 3. The van der Waals surface area contributed by atoms with E-state index < -0.39 is 27.4 Å². The molecule has 0 rings (SSSR count). The van der Waals surface area contributed by atoms with Crippen molar-refractivity contribution in [1.82, 2.24) is 0 Å². The number of carbonyl (C=O) groups excluding carboxylic acids is 1. The summed E-state index contributed by atoms with van der Waals surface area (Å²) in [6.07, 6.45) is 9.12. The van der Waals surface area contributed by atoms with Crippen LogP contribution in [0.25, 0.3) is 0 Å². The van der Waals surface area contributed by atoms with Crippen molar-refractivity contribution in [3.8, 4) is 0 Å². The Hall–Kier alpha value is -2.03. The molecule has 0 fully saturated rings. The highest BCUT2D eigenvalue weighted by molar-refractivity contribution is 7.87. The molecule has 33 heavy (non-hydrogen) atoms. The standard InChI is InChI=1S/C24H37F3O5S/c1-8-31-22(28)17-21(32-33(29,30)24(25,26)27)13-9-12-20(15-14-19(4)5)23(6,7)16-10-11-18(2)3/h11-12,14,17H,8-10,13,15-16H2,1-7H3/b20-12+,21-17-. The number of rotatable bonds is 13. The monoisotopic (exact) mass is 494 g/mol. The number of carbonyl (C=O) groups is 1. The molecule has 0 amide bonds. The fourth-order valence-corrected chi connectivity index (χ4v) is 3.37. The molecule has 0 saturated carbocycles. The molecule has 9 heteroatoms. The lowest BCUT2D eigenvalue weighted by molar-refractivity contribution is -0.137. The second-order valence-corrected chi connectivity index (χ2v) is 10.3. The van der Waals surface area contributed by atoms with Gasteiger partial charge in [0.15, 0.2) is 0 Å². The van der Waals surface area contributed by atoms with Gasteiger partial charge in [-0.3, -0.25) is 0 Å². The summed E-state index contributed by atoms with van der Waals surface area (Å²) in [6.45, 7) is 13.7. The first kappa shape index (κ1) is 31.0. The van der Waals surface area contributed by atoms with Gasteiger partial charge in [-0.15, -0.1) is 0 Å². The minimum atomic E-state index is -5.89. The second-order valence-electron chi connectivity index (χ2n) is 8.80. The molecule has 0 unspecified atom stereocenters. The number of ether oxygens (including phenoxy) is 1. The molecular weight excluding hydrogens is 457 g/mol. The van der Waals surface area contributed by atoms with Crippen molar-refractivity contribution in [2.75, 3.05) is 6.61 Å². The summed E-state index contributed by atoms with van der Waals surface area (Å²) >= 11 is 0. The lowest BCUT2D eigenvalue weighted by Gasteiger charge is -2.28. The Morgan fingerprint density at radius 3 is 2.00 bits per heavy atom. The van der Waals surface area contributed by atoms with E-state index in [9.17, 15) is 26.4 Å². The van der Waals surface area contributed by atoms with Gasteiger partial charge in [0.05, 0.1) is 12.7 Å². The van der Waals surface area contributed by atoms with Crippen LogP contribution in [0.5, 0.6) is 0 Å². The van der Waals surface area contributed by atoms with E-state index in [1.54, 1.807) is 0 Å². The first-order valence-electron chi connectivity index (χ1n) is 10.9. The van der Waals surface area contributed by atoms with Gasteiger partial charge in [0, 0.05) is 6.42 Å². The molecule has 0 bridgehead atoms. The molecule has 0 aromatic rings. The third-order valence-electron chi connectivity index (χ3n) is 4.77. The Balaban J connectivity index is 5.79. The fraction of sp³-hybridized carbons (Fsp3) is 0.625. The molecule has 0 radical (unpaired) electrons. The SMILES string of the molecule is CCOC(=O)/C=C(/CC/C=C(\CC=C(C)C)C(C)(C)CCC=C(C)C)OS(=O)(=O)C(F)(F)F. The lowest BCUT2D eigenvalue weighted by Crippen LogP contribution is -2.25. The largest absolute Gasteiger partial charge is 0.534 e. The van der Waals surface area contributed by atoms with Crippen molar-refractivity contribution >= 4 is 16.1 Å². The Kier molecular flexibility index (Phi) is 12.8. The number of alkyl halides is 3. The quantitative estimate of drug-likeness (QED) is 0.0680. The van der Waals surface area contributed by atoms with Crippen LogP contribution >= 0.6 is 0 Å². The number of esters is 1. The van der Waals surface area contributed by atoms with Crippen LogP contribution in [0.1, 0.15) is 80.6 Å². The molecule has 5 nitrogen and oxygen atoms in total. The van der Waals surface area contributed by atoms with Crippen molar-refractivity contribution < 1.29 is 35.3 Å². The van der Waals surface area contributed by atoms with Crippen molar-refractivity contribution in [3.63, 3.8) is 0 Å². The van der Waals surface area contributed by atoms with E-state index >= 15 is 0 Å². The van der Waals surface area contributed by atoms with Crippen molar-refractivity contribution in [1.29, 1.82) is 0 Å². The van der Waals surface area contributed by atoms with Crippen molar-refractivity contribution in [2.24, 2.45) is 5.41 Å². The summed E-state index contributed by atoms with van der Waals surface area (Å²) in [6, 6.07) is 0. The third kappa shape index (κ3) is 12.7. The molecular formula is C24H37F3O5S. The van der Waals surface area contributed by atoms with Crippen LogP contribution in [0.15, 0.2) is 46.8 Å². The number of hydrogen-bond acceptors (Lipinski definition) is 5. The molecule has 0 heterocycles. The smallest absolute Gasteiger partial charge is 0.463 e. The van der Waals surface area contributed by atoms with Crippen LogP contribution in [0.3, 0.4) is 0 Å². The minimum Gasteiger partial charge on any atom is -0.463 e. The maximum absolute atomic E-state index is 12.8. The highest BCUT2D eigenvalue weighted by atomic mass is 32.2. The van der Waals surface area contributed by atoms with Gasteiger partial charge in [-0.05, 0) is 65.7 Å². The predicted molar refractivity (Wildman–Crippen MR) is 125 cm³/mol. The first-order chi connectivity index (χ1) is 15.0. The van der Waals surface area contributed by atoms with Gasteiger partial charge in [0.1, 0.15) is 5.76 Å². The number of hydrogen-bond donors (Lipinski definition) is 0. The van der Waals surface area contributed by atoms with Gasteiger partial charge >= 0.3 is 21.6 Å². The average Bonchev–Trinajstić information content (AvgIpc) is 2.62. The van der Waals surface area contributed by atoms with Crippen LogP contribution in [0.2, 0.25) is 0 Å². The van der Waals surface area contributed by atoms with Gasteiger partial charge < -0.3 is 8.92 Å². The van der Waals surface area contributed by atoms with Crippen LogP contribution in [-0.2, 0) is 23.8 Å². The molecule has 0 atom stereocenters. The van der Waals surface area contributed by atoms with Gasteiger partial charge in [-0.25, -0.2) is 4.79 Å². The van der Waals surface area contributed by atoms with E-state index in [1.165, 1.54) is 12.5 Å². The fourth-order valence-electron chi connectivity index (χ4n) is 2.86. The molecule has 0 aliphatic carbocycles. The summed E-state index contributed by atoms with van der Waals surface area (Å²) in [5.41, 5.74) is -2.37. The first-order valence-corrected chi connectivity index (χ1v) is 12.3. The molecule has 0 aromatic heterocycles. The topological polar surface area (TPSA) is 69.7 Å². The van der Waals surface area contributed by atoms with Crippen LogP contribution in [0.4, 0.5) is 13.2 Å². The average molecular weight is 495 g/mol. The molecule has 190 valence electrons. The Morgan fingerprint density at radius 1 is 0.939 bits per heavy atom. The van der Waals surface area contributed by atoms with E-state index in [0.717, 1.165) is 24.0 Å². The highest BCUT2D eigenvalue weighted by Crippen LogP contribution is 2.36. The van der Waals surface area contributed by atoms with Crippen molar-refractivity contribution in [3.05, 3.63) is 46.8 Å². The molecule has 0 aromatic carbocycles. The van der Waals surface area contributed by atoms with Gasteiger partial charge in [-0.2, -0.15) is 21.6 Å². The van der Waals surface area contributed by atoms with E-state index in [-0.39, 0.29) is 24.9 Å². The Labute approximate surface area is 196 Å². The summed E-state index contributed by atoms with van der Waals surface area (Å²) in [4.78, 5) is 11.7. The molecule has 0 N–H and O–H groups in total. The molecule has 0 aliphatic heterocycles. The minimum absolute atomic E-state index is 0.0126. The Bertz CT molecular complexity index is 868. The summed E-state index contributed by atoms with van der Waals surface area (Å²) in [5, 5.41) is 0. The molecule has 0 saturated heterocycles. The third-order valence-corrected chi connectivity index (χ3v) is 5.77.